The van der Waals surface area contributed by atoms with Crippen molar-refractivity contribution in [2.75, 3.05) is 10.2 Å². The molecular formula is C33H27ClF3N3O4S2. The zero-order valence-electron chi connectivity index (χ0n) is 24.7. The van der Waals surface area contributed by atoms with E-state index in [9.17, 15) is 32.3 Å². The summed E-state index contributed by atoms with van der Waals surface area (Å²) < 4.78 is 42.0. The van der Waals surface area contributed by atoms with Gasteiger partial charge in [-0.1, -0.05) is 85.8 Å². The maximum Gasteiger partial charge on any atom is 0.416 e. The summed E-state index contributed by atoms with van der Waals surface area (Å²) in [5.74, 6) is -3.56. The third-order valence-corrected chi connectivity index (χ3v) is 10.9. The average Bonchev–Trinajstić information content (AvgIpc) is 3.43. The number of nitrogens with one attached hydrogen (secondary N) is 1. The van der Waals surface area contributed by atoms with Crippen LogP contribution in [-0.4, -0.2) is 27.5 Å². The molecule has 1 fully saturated rings. The van der Waals surface area contributed by atoms with Crippen LogP contribution in [0.3, 0.4) is 0 Å². The van der Waals surface area contributed by atoms with E-state index < -0.39 is 51.4 Å². The summed E-state index contributed by atoms with van der Waals surface area (Å²) in [6, 6.07) is 18.1. The van der Waals surface area contributed by atoms with E-state index in [4.69, 9.17) is 11.6 Å². The molecule has 2 aliphatic heterocycles. The lowest BCUT2D eigenvalue weighted by atomic mass is 9.81. The maximum absolute atomic E-state index is 14.1. The number of anilines is 2. The highest BCUT2D eigenvalue weighted by Gasteiger charge is 2.57. The summed E-state index contributed by atoms with van der Waals surface area (Å²) in [6.07, 6.45) is -4.67. The van der Waals surface area contributed by atoms with Crippen molar-refractivity contribution in [2.24, 2.45) is 5.92 Å². The Bertz CT molecular complexity index is 1910. The first kappa shape index (κ1) is 32.1. The lowest BCUT2D eigenvalue weighted by Crippen LogP contribution is -2.33. The zero-order chi connectivity index (χ0) is 33.1. The number of imide groups is 1. The fourth-order valence-corrected chi connectivity index (χ4v) is 8.66. The predicted octanol–water partition coefficient (Wildman–Crippen LogP) is 7.31. The van der Waals surface area contributed by atoms with Gasteiger partial charge in [0.1, 0.15) is 11.8 Å². The minimum atomic E-state index is -4.67. The second-order valence-corrected chi connectivity index (χ2v) is 14.7. The van der Waals surface area contributed by atoms with E-state index in [0.29, 0.717) is 26.2 Å². The number of fused-ring (bicyclic) bond motifs is 2. The topological polar surface area (TPSA) is 88.5 Å². The number of aromatic nitrogens is 1. The van der Waals surface area contributed by atoms with Gasteiger partial charge in [-0.2, -0.15) is 13.2 Å². The number of carbonyl (C=O) groups excluding carboxylic acids is 3. The van der Waals surface area contributed by atoms with E-state index >= 15 is 0 Å². The Morgan fingerprint density at radius 1 is 0.913 bits per heavy atom. The highest BCUT2D eigenvalue weighted by molar-refractivity contribution is 8.00. The molecular weight excluding hydrogens is 659 g/mol. The Labute approximate surface area is 275 Å². The number of rotatable bonds is 5. The van der Waals surface area contributed by atoms with E-state index in [0.717, 1.165) is 51.8 Å². The van der Waals surface area contributed by atoms with Gasteiger partial charge in [-0.05, 0) is 59.0 Å². The molecule has 3 amide bonds. The third-order valence-electron chi connectivity index (χ3n) is 8.05. The number of thioether (sulfide) groups is 1. The van der Waals surface area contributed by atoms with E-state index in [2.05, 4.69) is 26.1 Å². The number of nitrogens with zero attached hydrogens (tertiary/aromatic N) is 2. The molecule has 3 atom stereocenters. The first-order valence-corrected chi connectivity index (χ1v) is 16.3. The molecule has 2 unspecified atom stereocenters. The van der Waals surface area contributed by atoms with E-state index in [1.54, 1.807) is 24.3 Å². The largest absolute Gasteiger partial charge is 0.416 e. The fraction of sp³-hybridized carbons (Fsp3) is 0.273. The molecule has 3 aromatic carbocycles. The minimum absolute atomic E-state index is 0.167. The Hall–Kier alpha value is -3.87. The standard InChI is InChI=1S/C33H27ClF3N3O4S2/c1-32(2,3)18-9-7-17(8-10-18)24-25-26(29(43)40(28(25)42)22-6-4-5-19(15-22)33(35,36)37)45-30-27(24)46-31(44)39(30)16-23(41)38-21-13-11-20(34)12-14-21/h4-15,24-26H,16H2,1-3H3,(H,38,41)/t24-,25?,26?/m0/s1. The molecule has 6 rings (SSSR count). The van der Waals surface area contributed by atoms with Crippen molar-refractivity contribution >= 4 is 63.8 Å². The van der Waals surface area contributed by atoms with Gasteiger partial charge in [-0.3, -0.25) is 23.7 Å². The summed E-state index contributed by atoms with van der Waals surface area (Å²) in [4.78, 5) is 55.3. The highest BCUT2D eigenvalue weighted by atomic mass is 35.5. The summed E-state index contributed by atoms with van der Waals surface area (Å²) in [6.45, 7) is 5.81. The van der Waals surface area contributed by atoms with Crippen LogP contribution >= 0.6 is 34.7 Å². The van der Waals surface area contributed by atoms with Crippen molar-refractivity contribution < 1.29 is 27.6 Å². The Balaban J connectivity index is 1.42. The van der Waals surface area contributed by atoms with Crippen LogP contribution in [0.2, 0.25) is 5.02 Å². The van der Waals surface area contributed by atoms with Crippen LogP contribution in [0.5, 0.6) is 0 Å². The lowest BCUT2D eigenvalue weighted by Gasteiger charge is -2.31. The Morgan fingerprint density at radius 2 is 1.59 bits per heavy atom. The van der Waals surface area contributed by atoms with Gasteiger partial charge in [-0.15, -0.1) is 0 Å². The van der Waals surface area contributed by atoms with Crippen molar-refractivity contribution in [3.63, 3.8) is 0 Å². The number of hydrogen-bond donors (Lipinski definition) is 1. The van der Waals surface area contributed by atoms with Crippen LogP contribution in [0.15, 0.2) is 82.6 Å². The number of amides is 3. The summed E-state index contributed by atoms with van der Waals surface area (Å²) in [5, 5.41) is 2.55. The zero-order valence-corrected chi connectivity index (χ0v) is 27.1. The third kappa shape index (κ3) is 5.89. The Morgan fingerprint density at radius 3 is 2.22 bits per heavy atom. The molecule has 1 saturated heterocycles. The molecule has 3 heterocycles. The van der Waals surface area contributed by atoms with Crippen LogP contribution in [-0.2, 0) is 32.5 Å². The number of halogens is 4. The number of hydrogen-bond acceptors (Lipinski definition) is 6. The lowest BCUT2D eigenvalue weighted by molar-refractivity contribution is -0.137. The summed E-state index contributed by atoms with van der Waals surface area (Å²) in [7, 11) is 0. The van der Waals surface area contributed by atoms with Crippen LogP contribution in [0.1, 0.15) is 48.3 Å². The van der Waals surface area contributed by atoms with Crippen LogP contribution in [0.25, 0.3) is 0 Å². The SMILES string of the molecule is CC(C)(C)c1ccc([C@@H]2c3sc(=O)n(CC(=O)Nc4ccc(Cl)cc4)c3SC3C(=O)N(c4cccc(C(F)(F)F)c4)C(=O)C32)cc1. The summed E-state index contributed by atoms with van der Waals surface area (Å²) in [5.41, 5.74) is 0.855. The van der Waals surface area contributed by atoms with Gasteiger partial charge in [0.2, 0.25) is 17.7 Å². The first-order chi connectivity index (χ1) is 21.6. The van der Waals surface area contributed by atoms with Crippen molar-refractivity contribution in [1.82, 2.24) is 4.57 Å². The van der Waals surface area contributed by atoms with Crippen molar-refractivity contribution in [3.05, 3.63) is 109 Å². The minimum Gasteiger partial charge on any atom is -0.325 e. The van der Waals surface area contributed by atoms with Gasteiger partial charge < -0.3 is 5.32 Å². The second-order valence-electron chi connectivity index (χ2n) is 12.2. The van der Waals surface area contributed by atoms with Gasteiger partial charge >= 0.3 is 11.0 Å². The second kappa shape index (κ2) is 11.7. The molecule has 46 heavy (non-hydrogen) atoms. The van der Waals surface area contributed by atoms with E-state index in [1.807, 2.05) is 24.3 Å². The molecule has 1 aromatic heterocycles. The quantitative estimate of drug-likeness (QED) is 0.223. The van der Waals surface area contributed by atoms with E-state index in [-0.39, 0.29) is 17.6 Å². The molecule has 4 aromatic rings. The van der Waals surface area contributed by atoms with Crippen molar-refractivity contribution in [1.29, 1.82) is 0 Å². The Kier molecular flexibility index (Phi) is 8.19. The van der Waals surface area contributed by atoms with Crippen molar-refractivity contribution in [2.45, 2.75) is 55.1 Å². The van der Waals surface area contributed by atoms with Gasteiger partial charge in [0.15, 0.2) is 0 Å². The van der Waals surface area contributed by atoms with Crippen molar-refractivity contribution in [3.8, 4) is 0 Å². The number of alkyl halides is 3. The molecule has 1 N–H and O–H groups in total. The van der Waals surface area contributed by atoms with Gasteiger partial charge in [0.25, 0.3) is 0 Å². The maximum atomic E-state index is 14.1. The highest BCUT2D eigenvalue weighted by Crippen LogP contribution is 2.54. The number of carbonyl (C=O) groups is 3. The van der Waals surface area contributed by atoms with Gasteiger partial charge in [0, 0.05) is 21.5 Å². The van der Waals surface area contributed by atoms with Gasteiger partial charge in [0.05, 0.1) is 22.2 Å². The molecule has 0 radical (unpaired) electrons. The van der Waals surface area contributed by atoms with Crippen LogP contribution in [0.4, 0.5) is 24.5 Å². The first-order valence-electron chi connectivity index (χ1n) is 14.2. The molecule has 238 valence electrons. The average molecular weight is 686 g/mol. The molecule has 2 aliphatic rings. The molecule has 0 spiro atoms. The molecule has 13 heteroatoms. The predicted molar refractivity (Wildman–Crippen MR) is 173 cm³/mol. The molecule has 0 saturated carbocycles. The smallest absolute Gasteiger partial charge is 0.325 e. The van der Waals surface area contributed by atoms with Gasteiger partial charge in [-0.25, -0.2) is 4.90 Å². The molecule has 7 nitrogen and oxygen atoms in total. The van der Waals surface area contributed by atoms with Crippen LogP contribution in [0, 0.1) is 5.92 Å². The number of thiazole rings is 1. The summed E-state index contributed by atoms with van der Waals surface area (Å²) >= 11 is 7.82. The van der Waals surface area contributed by atoms with Crippen LogP contribution < -0.4 is 15.1 Å². The number of benzene rings is 3. The molecule has 0 bridgehead atoms. The molecule has 0 aliphatic carbocycles. The fourth-order valence-electron chi connectivity index (χ4n) is 5.76. The normalized spacial score (nSPS) is 19.6. The monoisotopic (exact) mass is 685 g/mol. The van der Waals surface area contributed by atoms with E-state index in [1.165, 1.54) is 10.6 Å².